The SMILES string of the molecule is Cc1ccc(C)c(CC(=O)N/N=C\c2c(O)ccc3ccccc23)c1. The lowest BCUT2D eigenvalue weighted by Crippen LogP contribution is -2.20. The van der Waals surface area contributed by atoms with Gasteiger partial charge in [-0.05, 0) is 41.8 Å². The number of benzene rings is 3. The van der Waals surface area contributed by atoms with Crippen molar-refractivity contribution in [2.45, 2.75) is 20.3 Å². The fourth-order valence-corrected chi connectivity index (χ4v) is 2.79. The van der Waals surface area contributed by atoms with Gasteiger partial charge in [0.1, 0.15) is 5.75 Å². The Labute approximate surface area is 146 Å². The zero-order valence-corrected chi connectivity index (χ0v) is 14.3. The number of hydrazone groups is 1. The smallest absolute Gasteiger partial charge is 0.244 e. The van der Waals surface area contributed by atoms with Gasteiger partial charge in [0.15, 0.2) is 0 Å². The number of nitrogens with one attached hydrogen (secondary N) is 1. The number of carbonyl (C=O) groups excluding carboxylic acids is 1. The number of rotatable bonds is 4. The molecule has 0 aliphatic heterocycles. The molecule has 1 amide bonds. The van der Waals surface area contributed by atoms with Gasteiger partial charge in [0.25, 0.3) is 0 Å². The highest BCUT2D eigenvalue weighted by Crippen LogP contribution is 2.25. The van der Waals surface area contributed by atoms with Crippen LogP contribution in [-0.2, 0) is 11.2 Å². The van der Waals surface area contributed by atoms with E-state index in [0.717, 1.165) is 27.5 Å². The van der Waals surface area contributed by atoms with E-state index in [1.807, 2.05) is 62.4 Å². The molecule has 3 aromatic rings. The van der Waals surface area contributed by atoms with Crippen LogP contribution < -0.4 is 5.43 Å². The molecular formula is C21H20N2O2. The molecule has 0 atom stereocenters. The molecule has 0 heterocycles. The molecule has 25 heavy (non-hydrogen) atoms. The van der Waals surface area contributed by atoms with E-state index in [2.05, 4.69) is 10.5 Å². The van der Waals surface area contributed by atoms with Gasteiger partial charge in [-0.25, -0.2) is 5.43 Å². The van der Waals surface area contributed by atoms with Gasteiger partial charge in [-0.3, -0.25) is 4.79 Å². The maximum atomic E-state index is 12.1. The Balaban J connectivity index is 1.74. The second kappa shape index (κ2) is 7.18. The summed E-state index contributed by atoms with van der Waals surface area (Å²) in [6.07, 6.45) is 1.76. The van der Waals surface area contributed by atoms with E-state index in [9.17, 15) is 9.90 Å². The van der Waals surface area contributed by atoms with Gasteiger partial charge in [0.2, 0.25) is 5.91 Å². The summed E-state index contributed by atoms with van der Waals surface area (Å²) in [4.78, 5) is 12.1. The molecule has 0 fully saturated rings. The number of aryl methyl sites for hydroxylation is 2. The average molecular weight is 332 g/mol. The maximum Gasteiger partial charge on any atom is 0.244 e. The Morgan fingerprint density at radius 2 is 1.92 bits per heavy atom. The molecule has 0 aliphatic carbocycles. The van der Waals surface area contributed by atoms with Gasteiger partial charge in [0, 0.05) is 5.56 Å². The van der Waals surface area contributed by atoms with Crippen LogP contribution >= 0.6 is 0 Å². The largest absolute Gasteiger partial charge is 0.507 e. The van der Waals surface area contributed by atoms with E-state index >= 15 is 0 Å². The van der Waals surface area contributed by atoms with Crippen molar-refractivity contribution >= 4 is 22.9 Å². The first-order valence-electron chi connectivity index (χ1n) is 8.13. The van der Waals surface area contributed by atoms with Crippen molar-refractivity contribution < 1.29 is 9.90 Å². The molecule has 126 valence electrons. The Morgan fingerprint density at radius 1 is 1.12 bits per heavy atom. The summed E-state index contributed by atoms with van der Waals surface area (Å²) in [5.74, 6) is -0.0593. The quantitative estimate of drug-likeness (QED) is 0.563. The molecule has 0 aliphatic rings. The lowest BCUT2D eigenvalue weighted by Gasteiger charge is -2.07. The van der Waals surface area contributed by atoms with Crippen LogP contribution in [0.25, 0.3) is 10.8 Å². The van der Waals surface area contributed by atoms with E-state index in [-0.39, 0.29) is 18.1 Å². The molecule has 0 bridgehead atoms. The molecule has 4 nitrogen and oxygen atoms in total. The summed E-state index contributed by atoms with van der Waals surface area (Å²) in [5.41, 5.74) is 6.32. The normalized spacial score (nSPS) is 11.1. The van der Waals surface area contributed by atoms with Crippen molar-refractivity contribution in [2.75, 3.05) is 0 Å². The Bertz CT molecular complexity index is 961. The summed E-state index contributed by atoms with van der Waals surface area (Å²) in [6.45, 7) is 3.99. The van der Waals surface area contributed by atoms with Crippen molar-refractivity contribution in [3.05, 3.63) is 76.9 Å². The van der Waals surface area contributed by atoms with Crippen LogP contribution in [0.1, 0.15) is 22.3 Å². The highest BCUT2D eigenvalue weighted by Gasteiger charge is 2.07. The summed E-state index contributed by atoms with van der Waals surface area (Å²) in [5, 5.41) is 16.0. The van der Waals surface area contributed by atoms with Crippen LogP contribution in [0.5, 0.6) is 5.75 Å². The minimum atomic E-state index is -0.190. The number of hydrogen-bond donors (Lipinski definition) is 2. The molecular weight excluding hydrogens is 312 g/mol. The van der Waals surface area contributed by atoms with Gasteiger partial charge in [-0.1, -0.05) is 54.1 Å². The van der Waals surface area contributed by atoms with Crippen molar-refractivity contribution in [2.24, 2.45) is 5.10 Å². The molecule has 3 aromatic carbocycles. The molecule has 3 rings (SSSR count). The molecule has 2 N–H and O–H groups in total. The third-order valence-corrected chi connectivity index (χ3v) is 4.19. The fourth-order valence-electron chi connectivity index (χ4n) is 2.79. The second-order valence-corrected chi connectivity index (χ2v) is 6.12. The predicted molar refractivity (Wildman–Crippen MR) is 101 cm³/mol. The van der Waals surface area contributed by atoms with Crippen LogP contribution in [-0.4, -0.2) is 17.2 Å². The third kappa shape index (κ3) is 3.86. The fraction of sp³-hybridized carbons (Fsp3) is 0.143. The number of nitrogens with zero attached hydrogens (tertiary/aromatic N) is 1. The molecule has 0 radical (unpaired) electrons. The first-order valence-corrected chi connectivity index (χ1v) is 8.13. The third-order valence-electron chi connectivity index (χ3n) is 4.19. The lowest BCUT2D eigenvalue weighted by molar-refractivity contribution is -0.120. The zero-order chi connectivity index (χ0) is 17.8. The van der Waals surface area contributed by atoms with E-state index in [0.29, 0.717) is 5.56 Å². The number of phenols is 1. The first kappa shape index (κ1) is 16.7. The van der Waals surface area contributed by atoms with Crippen molar-refractivity contribution in [1.82, 2.24) is 5.43 Å². The minimum absolute atomic E-state index is 0.131. The topological polar surface area (TPSA) is 61.7 Å². The van der Waals surface area contributed by atoms with Crippen LogP contribution in [0, 0.1) is 13.8 Å². The van der Waals surface area contributed by atoms with Gasteiger partial charge < -0.3 is 5.11 Å². The Morgan fingerprint density at radius 3 is 2.76 bits per heavy atom. The number of phenolic OH excluding ortho intramolecular Hbond substituents is 1. The standard InChI is InChI=1S/C21H20N2O2/c1-14-7-8-15(2)17(11-14)12-21(25)23-22-13-19-18-6-4-3-5-16(18)9-10-20(19)24/h3-11,13,24H,12H2,1-2H3,(H,23,25)/b22-13-. The van der Waals surface area contributed by atoms with Gasteiger partial charge >= 0.3 is 0 Å². The summed E-state index contributed by atoms with van der Waals surface area (Å²) >= 11 is 0. The van der Waals surface area contributed by atoms with Crippen molar-refractivity contribution in [1.29, 1.82) is 0 Å². The van der Waals surface area contributed by atoms with Crippen LogP contribution in [0.3, 0.4) is 0 Å². The van der Waals surface area contributed by atoms with E-state index in [1.165, 1.54) is 6.21 Å². The predicted octanol–water partition coefficient (Wildman–Crippen LogP) is 3.86. The maximum absolute atomic E-state index is 12.1. The summed E-state index contributed by atoms with van der Waals surface area (Å²) in [6, 6.07) is 17.2. The Kier molecular flexibility index (Phi) is 4.80. The zero-order valence-electron chi connectivity index (χ0n) is 14.3. The Hall–Kier alpha value is -3.14. The average Bonchev–Trinajstić information content (AvgIpc) is 2.60. The number of amides is 1. The highest BCUT2D eigenvalue weighted by molar-refractivity contribution is 6.02. The van der Waals surface area contributed by atoms with Gasteiger partial charge in [-0.15, -0.1) is 0 Å². The highest BCUT2D eigenvalue weighted by atomic mass is 16.3. The number of aromatic hydroxyl groups is 1. The summed E-state index contributed by atoms with van der Waals surface area (Å²) in [7, 11) is 0. The van der Waals surface area contributed by atoms with Gasteiger partial charge in [0.05, 0.1) is 12.6 Å². The molecule has 0 saturated heterocycles. The van der Waals surface area contributed by atoms with Crippen molar-refractivity contribution in [3.8, 4) is 5.75 Å². The number of fused-ring (bicyclic) bond motifs is 1. The van der Waals surface area contributed by atoms with E-state index in [4.69, 9.17) is 0 Å². The van der Waals surface area contributed by atoms with Crippen molar-refractivity contribution in [3.63, 3.8) is 0 Å². The van der Waals surface area contributed by atoms with Gasteiger partial charge in [-0.2, -0.15) is 5.10 Å². The second-order valence-electron chi connectivity index (χ2n) is 6.12. The minimum Gasteiger partial charge on any atom is -0.507 e. The van der Waals surface area contributed by atoms with Crippen LogP contribution in [0.15, 0.2) is 59.7 Å². The molecule has 0 unspecified atom stereocenters. The monoisotopic (exact) mass is 332 g/mol. The van der Waals surface area contributed by atoms with Crippen LogP contribution in [0.2, 0.25) is 0 Å². The molecule has 4 heteroatoms. The van der Waals surface area contributed by atoms with E-state index < -0.39 is 0 Å². The molecule has 0 saturated carbocycles. The summed E-state index contributed by atoms with van der Waals surface area (Å²) < 4.78 is 0. The molecule has 0 aromatic heterocycles. The lowest BCUT2D eigenvalue weighted by atomic mass is 10.0. The van der Waals surface area contributed by atoms with Crippen LogP contribution in [0.4, 0.5) is 0 Å². The molecule has 0 spiro atoms. The van der Waals surface area contributed by atoms with E-state index in [1.54, 1.807) is 6.07 Å². The number of hydrogen-bond acceptors (Lipinski definition) is 3. The number of carbonyl (C=O) groups is 1. The first-order chi connectivity index (χ1) is 12.0.